The molecule has 0 radical (unpaired) electrons. The third-order valence-electron chi connectivity index (χ3n) is 4.33. The van der Waals surface area contributed by atoms with E-state index >= 15 is 0 Å². The van der Waals surface area contributed by atoms with Gasteiger partial charge in [-0.1, -0.05) is 12.1 Å². The number of nitrogens with two attached hydrogens (primary N) is 1. The predicted octanol–water partition coefficient (Wildman–Crippen LogP) is 3.26. The molecule has 0 amide bonds. The first-order valence-electron chi connectivity index (χ1n) is 8.69. The van der Waals surface area contributed by atoms with Gasteiger partial charge < -0.3 is 11.1 Å². The number of hydrogen-bond donors (Lipinski definition) is 3. The molecule has 148 valence electrons. The Morgan fingerprint density at radius 3 is 2.74 bits per heavy atom. The molecule has 1 aromatic heterocycles. The molecule has 9 heteroatoms. The molecular weight excluding hydrogens is 495 g/mol. The summed E-state index contributed by atoms with van der Waals surface area (Å²) in [5.74, 6) is 0.301. The molecule has 0 saturated carbocycles. The number of hydrogen-bond acceptors (Lipinski definition) is 4. The number of nitrogens with one attached hydrogen (secondary N) is 2. The lowest BCUT2D eigenvalue weighted by Gasteiger charge is -2.19. The van der Waals surface area contributed by atoms with Crippen molar-refractivity contribution < 1.29 is 8.42 Å². The van der Waals surface area contributed by atoms with E-state index in [0.717, 1.165) is 23.4 Å². The van der Waals surface area contributed by atoms with E-state index in [1.807, 2.05) is 19.1 Å². The Labute approximate surface area is 181 Å². The Balaban J connectivity index is 0.00000261. The molecule has 0 fully saturated rings. The lowest BCUT2D eigenvalue weighted by molar-refractivity contribution is 0.584. The van der Waals surface area contributed by atoms with E-state index in [9.17, 15) is 8.42 Å². The highest BCUT2D eigenvalue weighted by Crippen LogP contribution is 2.27. The second-order valence-electron chi connectivity index (χ2n) is 6.31. The monoisotopic (exact) mass is 520 g/mol. The van der Waals surface area contributed by atoms with Crippen LogP contribution < -0.4 is 15.8 Å². The van der Waals surface area contributed by atoms with E-state index in [-0.39, 0.29) is 37.1 Å². The van der Waals surface area contributed by atoms with Crippen molar-refractivity contribution in [2.75, 3.05) is 18.4 Å². The maximum Gasteiger partial charge on any atom is 0.250 e. The average Bonchev–Trinajstić information content (AvgIpc) is 3.07. The number of rotatable bonds is 6. The highest BCUT2D eigenvalue weighted by Gasteiger charge is 2.15. The van der Waals surface area contributed by atoms with Crippen LogP contribution in [0.2, 0.25) is 0 Å². The minimum absolute atomic E-state index is 0. The summed E-state index contributed by atoms with van der Waals surface area (Å²) in [5.41, 5.74) is 9.64. The Hall–Kier alpha value is -1.17. The summed E-state index contributed by atoms with van der Waals surface area (Å²) in [5, 5.41) is 3.16. The van der Waals surface area contributed by atoms with Crippen LogP contribution in [0.3, 0.4) is 0 Å². The first-order chi connectivity index (χ1) is 12.5. The topological polar surface area (TPSA) is 96.6 Å². The van der Waals surface area contributed by atoms with Crippen molar-refractivity contribution in [2.45, 2.75) is 36.8 Å². The Morgan fingerprint density at radius 1 is 1.22 bits per heavy atom. The maximum absolute atomic E-state index is 12.1. The lowest BCUT2D eigenvalue weighted by Crippen LogP contribution is -2.28. The molecule has 1 aliphatic rings. The van der Waals surface area contributed by atoms with E-state index in [0.29, 0.717) is 10.2 Å². The summed E-state index contributed by atoms with van der Waals surface area (Å²) in [6.07, 6.45) is 4.56. The van der Waals surface area contributed by atoms with Crippen LogP contribution in [0.15, 0.2) is 39.5 Å². The molecule has 1 aliphatic carbocycles. The SMILES string of the molecule is Cc1ccc(S(=O)(=O)NCCN=C(N)Nc2cccc3c2CCCC3)s1.I. The number of guanidine groups is 1. The molecular formula is C18H25IN4O2S2. The predicted molar refractivity (Wildman–Crippen MR) is 123 cm³/mol. The van der Waals surface area contributed by atoms with Crippen LogP contribution in [-0.2, 0) is 22.9 Å². The minimum atomic E-state index is -3.47. The van der Waals surface area contributed by atoms with Crippen LogP contribution in [0.25, 0.3) is 0 Å². The Morgan fingerprint density at radius 2 is 2.00 bits per heavy atom. The molecule has 4 N–H and O–H groups in total. The number of benzene rings is 1. The molecule has 0 atom stereocenters. The van der Waals surface area contributed by atoms with Crippen LogP contribution in [0.4, 0.5) is 5.69 Å². The summed E-state index contributed by atoms with van der Waals surface area (Å²) in [6, 6.07) is 9.60. The van der Waals surface area contributed by atoms with Gasteiger partial charge in [-0.3, -0.25) is 4.99 Å². The second kappa shape index (κ2) is 9.85. The first kappa shape index (κ1) is 22.1. The summed E-state index contributed by atoms with van der Waals surface area (Å²) < 4.78 is 27.2. The molecule has 27 heavy (non-hydrogen) atoms. The van der Waals surface area contributed by atoms with Crippen LogP contribution in [0.1, 0.15) is 28.8 Å². The molecule has 6 nitrogen and oxygen atoms in total. The number of fused-ring (bicyclic) bond motifs is 1. The third-order valence-corrected chi connectivity index (χ3v) is 7.28. The summed E-state index contributed by atoms with van der Waals surface area (Å²) in [6.45, 7) is 2.36. The van der Waals surface area contributed by atoms with Gasteiger partial charge in [0.25, 0.3) is 0 Å². The van der Waals surface area contributed by atoms with E-state index in [2.05, 4.69) is 21.1 Å². The van der Waals surface area contributed by atoms with Gasteiger partial charge in [0.05, 0.1) is 6.54 Å². The standard InChI is InChI=1S/C18H24N4O2S2.HI/c1-13-9-10-17(25-13)26(23,24)21-12-11-20-18(19)22-16-8-4-6-14-5-2-3-7-15(14)16;/h4,6,8-10,21H,2-3,5,7,11-12H2,1H3,(H3,19,20,22);1H. The van der Waals surface area contributed by atoms with Gasteiger partial charge in [0, 0.05) is 17.1 Å². The van der Waals surface area contributed by atoms with E-state index < -0.39 is 10.0 Å². The van der Waals surface area contributed by atoms with Gasteiger partial charge in [-0.2, -0.15) is 0 Å². The molecule has 3 rings (SSSR count). The quantitative estimate of drug-likeness (QED) is 0.236. The van der Waals surface area contributed by atoms with Crippen LogP contribution in [0, 0.1) is 6.92 Å². The second-order valence-corrected chi connectivity index (χ2v) is 9.59. The number of sulfonamides is 1. The van der Waals surface area contributed by atoms with Crippen LogP contribution in [-0.4, -0.2) is 27.5 Å². The summed E-state index contributed by atoms with van der Waals surface area (Å²) >= 11 is 1.25. The van der Waals surface area contributed by atoms with Gasteiger partial charge in [0.1, 0.15) is 4.21 Å². The minimum Gasteiger partial charge on any atom is -0.370 e. The zero-order valence-corrected chi connectivity index (χ0v) is 19.2. The zero-order chi connectivity index (χ0) is 18.6. The fourth-order valence-electron chi connectivity index (χ4n) is 3.06. The molecule has 1 heterocycles. The van der Waals surface area contributed by atoms with Gasteiger partial charge in [-0.25, -0.2) is 13.1 Å². The summed E-state index contributed by atoms with van der Waals surface area (Å²) in [7, 11) is -3.47. The molecule has 1 aromatic carbocycles. The van der Waals surface area contributed by atoms with Gasteiger partial charge in [0.15, 0.2) is 5.96 Å². The molecule has 0 saturated heterocycles. The fraction of sp³-hybridized carbons (Fsp3) is 0.389. The van der Waals surface area contributed by atoms with Crippen molar-refractivity contribution in [3.8, 4) is 0 Å². The normalized spacial score (nSPS) is 14.3. The molecule has 0 aliphatic heterocycles. The van der Waals surface area contributed by atoms with E-state index in [4.69, 9.17) is 5.73 Å². The largest absolute Gasteiger partial charge is 0.370 e. The summed E-state index contributed by atoms with van der Waals surface area (Å²) in [4.78, 5) is 5.19. The maximum atomic E-state index is 12.1. The van der Waals surface area contributed by atoms with Crippen molar-refractivity contribution >= 4 is 57.0 Å². The number of aryl methyl sites for hydroxylation is 2. The van der Waals surface area contributed by atoms with E-state index in [1.165, 1.54) is 35.3 Å². The molecule has 0 bridgehead atoms. The number of aliphatic imine (C=N–C) groups is 1. The number of anilines is 1. The van der Waals surface area contributed by atoms with Gasteiger partial charge >= 0.3 is 0 Å². The van der Waals surface area contributed by atoms with Gasteiger partial charge in [-0.15, -0.1) is 35.3 Å². The first-order valence-corrected chi connectivity index (χ1v) is 11.0. The zero-order valence-electron chi connectivity index (χ0n) is 15.2. The van der Waals surface area contributed by atoms with Crippen molar-refractivity contribution in [2.24, 2.45) is 10.7 Å². The number of nitrogens with zero attached hydrogens (tertiary/aromatic N) is 1. The fourth-order valence-corrected chi connectivity index (χ4v) is 5.41. The third kappa shape index (κ3) is 5.90. The van der Waals surface area contributed by atoms with E-state index in [1.54, 1.807) is 12.1 Å². The highest BCUT2D eigenvalue weighted by atomic mass is 127. The lowest BCUT2D eigenvalue weighted by atomic mass is 9.90. The van der Waals surface area contributed by atoms with Crippen molar-refractivity contribution in [3.05, 3.63) is 46.3 Å². The highest BCUT2D eigenvalue weighted by molar-refractivity contribution is 14.0. The van der Waals surface area contributed by atoms with Gasteiger partial charge in [0.2, 0.25) is 10.0 Å². The van der Waals surface area contributed by atoms with Crippen molar-refractivity contribution in [1.29, 1.82) is 0 Å². The molecule has 2 aromatic rings. The Kier molecular flexibility index (Phi) is 8.07. The van der Waals surface area contributed by atoms with Crippen molar-refractivity contribution in [1.82, 2.24) is 4.72 Å². The van der Waals surface area contributed by atoms with Crippen molar-refractivity contribution in [3.63, 3.8) is 0 Å². The average molecular weight is 520 g/mol. The molecule has 0 spiro atoms. The van der Waals surface area contributed by atoms with Crippen LogP contribution >= 0.6 is 35.3 Å². The smallest absolute Gasteiger partial charge is 0.250 e. The van der Waals surface area contributed by atoms with Gasteiger partial charge in [-0.05, 0) is 61.9 Å². The number of thiophene rings is 1. The Bertz CT molecular complexity index is 910. The number of halogens is 1. The molecule has 0 unspecified atom stereocenters. The van der Waals surface area contributed by atoms with Crippen LogP contribution in [0.5, 0.6) is 0 Å².